The van der Waals surface area contributed by atoms with Crippen molar-refractivity contribution in [3.63, 3.8) is 0 Å². The minimum absolute atomic E-state index is 0.141. The standard InChI is InChI=1S/C17H27N3O/c1-20(15-8-3-2-4-9-15)12-6-11-19-17(21)16-10-5-7-14(16)13-18/h2-4,8-9,14,16H,5-7,10-13,18H2,1H3,(H,19,21). The third kappa shape index (κ3) is 4.46. The lowest BCUT2D eigenvalue weighted by Gasteiger charge is -2.20. The van der Waals surface area contributed by atoms with Crippen molar-refractivity contribution in [1.29, 1.82) is 0 Å². The number of carbonyl (C=O) groups excluding carboxylic acids is 1. The third-order valence-corrected chi connectivity index (χ3v) is 4.47. The number of rotatable bonds is 7. The summed E-state index contributed by atoms with van der Waals surface area (Å²) in [6.07, 6.45) is 4.19. The molecular formula is C17H27N3O. The van der Waals surface area contributed by atoms with E-state index in [0.29, 0.717) is 12.5 Å². The van der Waals surface area contributed by atoms with Gasteiger partial charge in [-0.25, -0.2) is 0 Å². The fraction of sp³-hybridized carbons (Fsp3) is 0.588. The smallest absolute Gasteiger partial charge is 0.223 e. The Morgan fingerprint density at radius 3 is 2.81 bits per heavy atom. The zero-order valence-corrected chi connectivity index (χ0v) is 12.9. The first-order valence-electron chi connectivity index (χ1n) is 7.96. The van der Waals surface area contributed by atoms with Crippen LogP contribution in [-0.2, 0) is 4.79 Å². The maximum Gasteiger partial charge on any atom is 0.223 e. The van der Waals surface area contributed by atoms with Crippen LogP contribution in [0.1, 0.15) is 25.7 Å². The molecule has 1 aromatic rings. The fourth-order valence-electron chi connectivity index (χ4n) is 3.13. The molecule has 21 heavy (non-hydrogen) atoms. The number of benzene rings is 1. The summed E-state index contributed by atoms with van der Waals surface area (Å²) in [7, 11) is 2.08. The van der Waals surface area contributed by atoms with Crippen molar-refractivity contribution in [3.8, 4) is 0 Å². The SMILES string of the molecule is CN(CCCNC(=O)C1CCCC1CN)c1ccccc1. The predicted octanol–water partition coefficient (Wildman–Crippen LogP) is 2.00. The Morgan fingerprint density at radius 1 is 1.33 bits per heavy atom. The van der Waals surface area contributed by atoms with E-state index in [1.165, 1.54) is 5.69 Å². The van der Waals surface area contributed by atoms with E-state index in [4.69, 9.17) is 5.73 Å². The van der Waals surface area contributed by atoms with E-state index in [2.05, 4.69) is 29.4 Å². The second-order valence-electron chi connectivity index (χ2n) is 5.93. The van der Waals surface area contributed by atoms with Crippen molar-refractivity contribution in [3.05, 3.63) is 30.3 Å². The lowest BCUT2D eigenvalue weighted by Crippen LogP contribution is -2.36. The lowest BCUT2D eigenvalue weighted by atomic mass is 9.95. The minimum atomic E-state index is 0.141. The normalized spacial score (nSPS) is 21.2. The Bertz CT molecular complexity index is 435. The highest BCUT2D eigenvalue weighted by molar-refractivity contribution is 5.79. The van der Waals surface area contributed by atoms with Crippen LogP contribution < -0.4 is 16.0 Å². The topological polar surface area (TPSA) is 58.4 Å². The molecule has 0 bridgehead atoms. The van der Waals surface area contributed by atoms with Gasteiger partial charge in [0.25, 0.3) is 0 Å². The van der Waals surface area contributed by atoms with E-state index in [-0.39, 0.29) is 11.8 Å². The number of carbonyl (C=O) groups is 1. The second kappa shape index (κ2) is 8.03. The molecule has 4 heteroatoms. The molecule has 0 spiro atoms. The van der Waals surface area contributed by atoms with Gasteiger partial charge in [-0.3, -0.25) is 4.79 Å². The van der Waals surface area contributed by atoms with Crippen LogP contribution in [0.15, 0.2) is 30.3 Å². The number of hydrogen-bond acceptors (Lipinski definition) is 3. The van der Waals surface area contributed by atoms with Crippen LogP contribution in [0.2, 0.25) is 0 Å². The number of nitrogens with one attached hydrogen (secondary N) is 1. The zero-order valence-electron chi connectivity index (χ0n) is 12.9. The molecule has 1 fully saturated rings. The second-order valence-corrected chi connectivity index (χ2v) is 5.93. The van der Waals surface area contributed by atoms with Crippen molar-refractivity contribution in [1.82, 2.24) is 5.32 Å². The van der Waals surface area contributed by atoms with Gasteiger partial charge in [0.2, 0.25) is 5.91 Å². The maximum atomic E-state index is 12.1. The largest absolute Gasteiger partial charge is 0.375 e. The minimum Gasteiger partial charge on any atom is -0.375 e. The molecule has 2 rings (SSSR count). The summed E-state index contributed by atoms with van der Waals surface area (Å²) in [5.74, 6) is 0.726. The van der Waals surface area contributed by atoms with Gasteiger partial charge >= 0.3 is 0 Å². The molecule has 2 unspecified atom stereocenters. The van der Waals surface area contributed by atoms with E-state index in [0.717, 1.165) is 38.8 Å². The average Bonchev–Trinajstić information content (AvgIpc) is 3.00. The van der Waals surface area contributed by atoms with Gasteiger partial charge < -0.3 is 16.0 Å². The monoisotopic (exact) mass is 289 g/mol. The summed E-state index contributed by atoms with van der Waals surface area (Å²) < 4.78 is 0. The summed E-state index contributed by atoms with van der Waals surface area (Å²) in [5, 5.41) is 3.07. The molecule has 1 amide bonds. The predicted molar refractivity (Wildman–Crippen MR) is 87.2 cm³/mol. The molecule has 1 aromatic carbocycles. The molecule has 2 atom stereocenters. The summed E-state index contributed by atoms with van der Waals surface area (Å²) in [5.41, 5.74) is 6.95. The molecule has 116 valence electrons. The Kier molecular flexibility index (Phi) is 6.05. The van der Waals surface area contributed by atoms with Crippen molar-refractivity contribution < 1.29 is 4.79 Å². The van der Waals surface area contributed by atoms with Crippen molar-refractivity contribution in [2.75, 3.05) is 31.6 Å². The number of hydrogen-bond donors (Lipinski definition) is 2. The van der Waals surface area contributed by atoms with Gasteiger partial charge in [-0.05, 0) is 43.9 Å². The highest BCUT2D eigenvalue weighted by Crippen LogP contribution is 2.30. The van der Waals surface area contributed by atoms with Crippen molar-refractivity contribution in [2.45, 2.75) is 25.7 Å². The highest BCUT2D eigenvalue weighted by Gasteiger charge is 2.31. The van der Waals surface area contributed by atoms with Gasteiger partial charge in [0.15, 0.2) is 0 Å². The van der Waals surface area contributed by atoms with Gasteiger partial charge in [0.1, 0.15) is 0 Å². The van der Waals surface area contributed by atoms with Crippen LogP contribution in [0.5, 0.6) is 0 Å². The average molecular weight is 289 g/mol. The molecule has 1 aliphatic rings. The van der Waals surface area contributed by atoms with Crippen LogP contribution in [0.3, 0.4) is 0 Å². The number of amides is 1. The maximum absolute atomic E-state index is 12.1. The number of para-hydroxylation sites is 1. The molecule has 0 aromatic heterocycles. The van der Waals surface area contributed by atoms with Crippen molar-refractivity contribution in [2.24, 2.45) is 17.6 Å². The van der Waals surface area contributed by atoms with E-state index in [1.807, 2.05) is 18.2 Å². The van der Waals surface area contributed by atoms with Gasteiger partial charge in [0.05, 0.1) is 0 Å². The zero-order chi connectivity index (χ0) is 15.1. The fourth-order valence-corrected chi connectivity index (χ4v) is 3.13. The summed E-state index contributed by atoms with van der Waals surface area (Å²) in [6.45, 7) is 2.31. The van der Waals surface area contributed by atoms with Gasteiger partial charge in [-0.15, -0.1) is 0 Å². The summed E-state index contributed by atoms with van der Waals surface area (Å²) in [6, 6.07) is 10.3. The first-order valence-corrected chi connectivity index (χ1v) is 7.96. The third-order valence-electron chi connectivity index (χ3n) is 4.47. The summed E-state index contributed by atoms with van der Waals surface area (Å²) >= 11 is 0. The molecule has 1 aliphatic carbocycles. The summed E-state index contributed by atoms with van der Waals surface area (Å²) in [4.78, 5) is 14.4. The number of nitrogens with zero attached hydrogens (tertiary/aromatic N) is 1. The molecular weight excluding hydrogens is 262 g/mol. The highest BCUT2D eigenvalue weighted by atomic mass is 16.1. The molecule has 4 nitrogen and oxygen atoms in total. The van der Waals surface area contributed by atoms with E-state index >= 15 is 0 Å². The van der Waals surface area contributed by atoms with Gasteiger partial charge in [-0.1, -0.05) is 24.6 Å². The quantitative estimate of drug-likeness (QED) is 0.755. The Labute approximate surface area is 127 Å². The lowest BCUT2D eigenvalue weighted by molar-refractivity contribution is -0.125. The van der Waals surface area contributed by atoms with Crippen LogP contribution in [0.4, 0.5) is 5.69 Å². The molecule has 1 saturated carbocycles. The first kappa shape index (κ1) is 15.8. The van der Waals surface area contributed by atoms with E-state index < -0.39 is 0 Å². The van der Waals surface area contributed by atoms with Crippen LogP contribution in [0.25, 0.3) is 0 Å². The first-order chi connectivity index (χ1) is 10.2. The number of anilines is 1. The molecule has 0 saturated heterocycles. The number of nitrogens with two attached hydrogens (primary N) is 1. The Hall–Kier alpha value is -1.55. The van der Waals surface area contributed by atoms with E-state index in [1.54, 1.807) is 0 Å². The molecule has 3 N–H and O–H groups in total. The van der Waals surface area contributed by atoms with Crippen LogP contribution >= 0.6 is 0 Å². The van der Waals surface area contributed by atoms with Crippen molar-refractivity contribution >= 4 is 11.6 Å². The van der Waals surface area contributed by atoms with Gasteiger partial charge in [0, 0.05) is 31.7 Å². The van der Waals surface area contributed by atoms with Crippen LogP contribution in [-0.4, -0.2) is 32.6 Å². The molecule has 0 heterocycles. The molecule has 0 radical (unpaired) electrons. The van der Waals surface area contributed by atoms with Gasteiger partial charge in [-0.2, -0.15) is 0 Å². The Morgan fingerprint density at radius 2 is 2.10 bits per heavy atom. The van der Waals surface area contributed by atoms with E-state index in [9.17, 15) is 4.79 Å². The van der Waals surface area contributed by atoms with Crippen LogP contribution in [0, 0.1) is 11.8 Å². The Balaban J connectivity index is 1.66. The molecule has 0 aliphatic heterocycles.